The highest BCUT2D eigenvalue weighted by Gasteiger charge is 2.24. The highest BCUT2D eigenvalue weighted by molar-refractivity contribution is 5.95. The molecule has 0 saturated carbocycles. The Hall–Kier alpha value is -2.89. The Kier molecular flexibility index (Phi) is 4.09. The van der Waals surface area contributed by atoms with Crippen molar-refractivity contribution >= 4 is 5.91 Å². The molecule has 0 unspecified atom stereocenters. The van der Waals surface area contributed by atoms with Crippen LogP contribution in [-0.2, 0) is 6.42 Å². The third-order valence-corrected chi connectivity index (χ3v) is 4.29. The predicted molar refractivity (Wildman–Crippen MR) is 90.9 cm³/mol. The van der Waals surface area contributed by atoms with Crippen molar-refractivity contribution < 1.29 is 23.7 Å². The van der Waals surface area contributed by atoms with Crippen molar-refractivity contribution in [2.24, 2.45) is 0 Å². The molecule has 2 aromatic rings. The molecule has 0 aliphatic carbocycles. The van der Waals surface area contributed by atoms with E-state index in [0.29, 0.717) is 42.6 Å². The number of methoxy groups -OCH3 is 1. The molecule has 0 bridgehead atoms. The van der Waals surface area contributed by atoms with Crippen LogP contribution >= 0.6 is 0 Å². The van der Waals surface area contributed by atoms with Crippen molar-refractivity contribution in [3.63, 3.8) is 0 Å². The molecule has 0 saturated heterocycles. The van der Waals surface area contributed by atoms with E-state index >= 15 is 0 Å². The van der Waals surface area contributed by atoms with Crippen molar-refractivity contribution in [2.75, 3.05) is 26.9 Å². The smallest absolute Gasteiger partial charge is 0.251 e. The number of fused-ring (bicyclic) bond motifs is 2. The second-order valence-electron chi connectivity index (χ2n) is 5.96. The molecular formula is C19H19NO5. The fourth-order valence-corrected chi connectivity index (χ4v) is 3.08. The average Bonchev–Trinajstić information content (AvgIpc) is 3.08. The van der Waals surface area contributed by atoms with Gasteiger partial charge in [-0.25, -0.2) is 0 Å². The first-order chi connectivity index (χ1) is 12.2. The summed E-state index contributed by atoms with van der Waals surface area (Å²) in [6.07, 6.45) is 0.737. The summed E-state index contributed by atoms with van der Waals surface area (Å²) in [5.41, 5.74) is 1.64. The number of hydrogen-bond acceptors (Lipinski definition) is 5. The van der Waals surface area contributed by atoms with Crippen LogP contribution in [0.4, 0.5) is 0 Å². The number of amides is 1. The van der Waals surface area contributed by atoms with Gasteiger partial charge in [0, 0.05) is 12.0 Å². The second-order valence-corrected chi connectivity index (χ2v) is 5.96. The molecule has 1 N–H and O–H groups in total. The van der Waals surface area contributed by atoms with Gasteiger partial charge in [0.15, 0.2) is 11.5 Å². The Morgan fingerprint density at radius 1 is 1.20 bits per heavy atom. The van der Waals surface area contributed by atoms with Gasteiger partial charge in [0.25, 0.3) is 5.91 Å². The van der Waals surface area contributed by atoms with E-state index in [2.05, 4.69) is 5.32 Å². The molecule has 4 rings (SSSR count). The topological polar surface area (TPSA) is 66.0 Å². The van der Waals surface area contributed by atoms with Crippen LogP contribution in [0.1, 0.15) is 15.9 Å². The predicted octanol–water partition coefficient (Wildman–Crippen LogP) is 2.20. The van der Waals surface area contributed by atoms with E-state index in [1.165, 1.54) is 5.56 Å². The average molecular weight is 341 g/mol. The minimum atomic E-state index is -0.199. The maximum Gasteiger partial charge on any atom is 0.251 e. The maximum atomic E-state index is 12.5. The number of rotatable bonds is 4. The quantitative estimate of drug-likeness (QED) is 0.923. The van der Waals surface area contributed by atoms with E-state index in [9.17, 15) is 4.79 Å². The molecule has 0 radical (unpaired) electrons. The summed E-state index contributed by atoms with van der Waals surface area (Å²) in [7, 11) is 1.54. The molecule has 2 aromatic carbocycles. The van der Waals surface area contributed by atoms with Crippen molar-refractivity contribution in [1.29, 1.82) is 0 Å². The van der Waals surface area contributed by atoms with Gasteiger partial charge < -0.3 is 24.3 Å². The van der Waals surface area contributed by atoms with E-state index in [0.717, 1.165) is 12.2 Å². The Balaban J connectivity index is 1.43. The van der Waals surface area contributed by atoms with Crippen molar-refractivity contribution in [3.05, 3.63) is 47.5 Å². The summed E-state index contributed by atoms with van der Waals surface area (Å²) >= 11 is 0. The Morgan fingerprint density at radius 3 is 2.88 bits per heavy atom. The van der Waals surface area contributed by atoms with Gasteiger partial charge in [-0.05, 0) is 23.8 Å². The molecule has 0 fully saturated rings. The molecule has 0 spiro atoms. The lowest BCUT2D eigenvalue weighted by Crippen LogP contribution is -2.34. The molecule has 2 aliphatic rings. The number of carbonyl (C=O) groups is 1. The van der Waals surface area contributed by atoms with Crippen LogP contribution in [0.5, 0.6) is 23.0 Å². The van der Waals surface area contributed by atoms with Gasteiger partial charge in [-0.3, -0.25) is 4.79 Å². The standard InChI is InChI=1S/C19H19NO5/c1-22-16-9-13(10-17-18(16)24-7-6-23-17)19(21)20-11-14-8-12-4-2-3-5-15(12)25-14/h2-5,9-10,14H,6-8,11H2,1H3,(H,20,21)/t14-/m1/s1. The zero-order chi connectivity index (χ0) is 17.2. The minimum absolute atomic E-state index is 0.0551. The number of para-hydroxylation sites is 1. The van der Waals surface area contributed by atoms with E-state index < -0.39 is 0 Å². The zero-order valence-corrected chi connectivity index (χ0v) is 13.9. The highest BCUT2D eigenvalue weighted by Crippen LogP contribution is 2.40. The zero-order valence-electron chi connectivity index (χ0n) is 13.9. The van der Waals surface area contributed by atoms with Crippen LogP contribution in [0.15, 0.2) is 36.4 Å². The summed E-state index contributed by atoms with van der Waals surface area (Å²) in [6, 6.07) is 11.3. The Labute approximate surface area is 145 Å². The number of nitrogens with one attached hydrogen (secondary N) is 1. The normalized spacial score (nSPS) is 17.4. The van der Waals surface area contributed by atoms with Crippen LogP contribution in [0.2, 0.25) is 0 Å². The number of carbonyl (C=O) groups excluding carboxylic acids is 1. The molecular weight excluding hydrogens is 322 g/mol. The largest absolute Gasteiger partial charge is 0.493 e. The minimum Gasteiger partial charge on any atom is -0.493 e. The van der Waals surface area contributed by atoms with Crippen molar-refractivity contribution in [2.45, 2.75) is 12.5 Å². The molecule has 2 heterocycles. The number of ether oxygens (including phenoxy) is 4. The third kappa shape index (κ3) is 3.07. The van der Waals surface area contributed by atoms with E-state index in [1.54, 1.807) is 19.2 Å². The second kappa shape index (κ2) is 6.55. The number of benzene rings is 2. The third-order valence-electron chi connectivity index (χ3n) is 4.29. The summed E-state index contributed by atoms with van der Waals surface area (Å²) < 4.78 is 22.3. The first kappa shape index (κ1) is 15.6. The summed E-state index contributed by atoms with van der Waals surface area (Å²) in [5.74, 6) is 2.25. The van der Waals surface area contributed by atoms with E-state index in [4.69, 9.17) is 18.9 Å². The lowest BCUT2D eigenvalue weighted by molar-refractivity contribution is 0.0931. The van der Waals surface area contributed by atoms with E-state index in [1.807, 2.05) is 24.3 Å². The first-order valence-corrected chi connectivity index (χ1v) is 8.25. The van der Waals surface area contributed by atoms with Gasteiger partial charge in [0.1, 0.15) is 25.1 Å². The van der Waals surface area contributed by atoms with Gasteiger partial charge in [0.05, 0.1) is 13.7 Å². The molecule has 6 nitrogen and oxygen atoms in total. The van der Waals surface area contributed by atoms with Gasteiger partial charge in [-0.2, -0.15) is 0 Å². The summed E-state index contributed by atoms with van der Waals surface area (Å²) in [5, 5.41) is 2.92. The van der Waals surface area contributed by atoms with Crippen molar-refractivity contribution in [3.8, 4) is 23.0 Å². The van der Waals surface area contributed by atoms with Crippen LogP contribution in [-0.4, -0.2) is 38.9 Å². The molecule has 1 amide bonds. The van der Waals surface area contributed by atoms with E-state index in [-0.39, 0.29) is 12.0 Å². The summed E-state index contributed by atoms with van der Waals surface area (Å²) in [4.78, 5) is 12.5. The Bertz CT molecular complexity index is 762. The van der Waals surface area contributed by atoms with Crippen molar-refractivity contribution in [1.82, 2.24) is 5.32 Å². The summed E-state index contributed by atoms with van der Waals surface area (Å²) in [6.45, 7) is 1.36. The fraction of sp³-hybridized carbons (Fsp3) is 0.316. The van der Waals surface area contributed by atoms with Gasteiger partial charge in [-0.1, -0.05) is 18.2 Å². The lowest BCUT2D eigenvalue weighted by atomic mass is 10.1. The van der Waals surface area contributed by atoms with Crippen LogP contribution in [0.3, 0.4) is 0 Å². The van der Waals surface area contributed by atoms with Crippen LogP contribution in [0, 0.1) is 0 Å². The van der Waals surface area contributed by atoms with Gasteiger partial charge >= 0.3 is 0 Å². The molecule has 0 aromatic heterocycles. The van der Waals surface area contributed by atoms with Crippen LogP contribution < -0.4 is 24.3 Å². The molecule has 130 valence electrons. The number of hydrogen-bond donors (Lipinski definition) is 1. The van der Waals surface area contributed by atoms with Crippen LogP contribution in [0.25, 0.3) is 0 Å². The first-order valence-electron chi connectivity index (χ1n) is 8.25. The Morgan fingerprint density at radius 2 is 2.04 bits per heavy atom. The molecule has 6 heteroatoms. The molecule has 2 aliphatic heterocycles. The molecule has 1 atom stereocenters. The molecule has 25 heavy (non-hydrogen) atoms. The van der Waals surface area contributed by atoms with Gasteiger partial charge in [-0.15, -0.1) is 0 Å². The lowest BCUT2D eigenvalue weighted by Gasteiger charge is -2.21. The monoisotopic (exact) mass is 341 g/mol. The maximum absolute atomic E-state index is 12.5. The van der Waals surface area contributed by atoms with Gasteiger partial charge in [0.2, 0.25) is 5.75 Å². The SMILES string of the molecule is COc1cc(C(=O)NC[C@H]2Cc3ccccc3O2)cc2c1OCCO2. The fourth-order valence-electron chi connectivity index (χ4n) is 3.08. The highest BCUT2D eigenvalue weighted by atomic mass is 16.6.